The minimum atomic E-state index is -0.754. The smallest absolute Gasteiger partial charge is 0.129 e. The highest BCUT2D eigenvalue weighted by molar-refractivity contribution is 7.99. The van der Waals surface area contributed by atoms with Crippen LogP contribution in [0.1, 0.15) is 34.1 Å². The lowest BCUT2D eigenvalue weighted by molar-refractivity contribution is 0.0841. The highest BCUT2D eigenvalue weighted by Crippen LogP contribution is 2.36. The molecule has 13 heavy (non-hydrogen) atoms. The first-order valence-corrected chi connectivity index (χ1v) is 6.03. The Bertz CT molecular complexity index is 191. The van der Waals surface area contributed by atoms with Crippen molar-refractivity contribution in [1.29, 1.82) is 0 Å². The standard InChI is InChI=1S/C10H20FNS/c1-9(2)6-7(13-5)8(11)10(3,4)12-9/h7-8,12H,6H2,1-5H3/t7-,8-/m1/s1. The summed E-state index contributed by atoms with van der Waals surface area (Å²) in [5.41, 5.74) is -0.338. The number of hydrogen-bond donors (Lipinski definition) is 1. The Hall–Kier alpha value is 0.240. The first kappa shape index (κ1) is 11.3. The molecule has 0 aromatic rings. The van der Waals surface area contributed by atoms with E-state index >= 15 is 0 Å². The van der Waals surface area contributed by atoms with Crippen LogP contribution in [0.15, 0.2) is 0 Å². The van der Waals surface area contributed by atoms with Crippen LogP contribution in [0.4, 0.5) is 4.39 Å². The molecule has 0 spiro atoms. The van der Waals surface area contributed by atoms with Crippen LogP contribution in [0.2, 0.25) is 0 Å². The zero-order valence-corrected chi connectivity index (χ0v) is 9.96. The molecule has 1 aliphatic heterocycles. The molecule has 0 unspecified atom stereocenters. The van der Waals surface area contributed by atoms with Gasteiger partial charge in [0.15, 0.2) is 0 Å². The summed E-state index contributed by atoms with van der Waals surface area (Å²) in [6.07, 6.45) is 2.14. The second kappa shape index (κ2) is 3.43. The summed E-state index contributed by atoms with van der Waals surface area (Å²) in [5, 5.41) is 3.49. The highest BCUT2D eigenvalue weighted by Gasteiger charge is 2.45. The van der Waals surface area contributed by atoms with Gasteiger partial charge in [-0.25, -0.2) is 4.39 Å². The molecule has 0 amide bonds. The number of thioether (sulfide) groups is 1. The normalized spacial score (nSPS) is 37.4. The predicted octanol–water partition coefficient (Wildman–Crippen LogP) is 2.61. The molecular formula is C10H20FNS. The van der Waals surface area contributed by atoms with Crippen molar-refractivity contribution in [2.45, 2.75) is 56.6 Å². The van der Waals surface area contributed by atoms with Gasteiger partial charge < -0.3 is 5.32 Å². The van der Waals surface area contributed by atoms with Gasteiger partial charge in [0.25, 0.3) is 0 Å². The van der Waals surface area contributed by atoms with E-state index in [4.69, 9.17) is 0 Å². The quantitative estimate of drug-likeness (QED) is 0.706. The predicted molar refractivity (Wildman–Crippen MR) is 58.1 cm³/mol. The molecule has 1 saturated heterocycles. The molecule has 1 N–H and O–H groups in total. The molecular weight excluding hydrogens is 185 g/mol. The third-order valence-corrected chi connectivity index (χ3v) is 3.70. The average Bonchev–Trinajstić information content (AvgIpc) is 1.95. The Labute approximate surface area is 84.9 Å². The van der Waals surface area contributed by atoms with Crippen LogP contribution in [-0.2, 0) is 0 Å². The monoisotopic (exact) mass is 205 g/mol. The van der Waals surface area contributed by atoms with Crippen molar-refractivity contribution in [3.05, 3.63) is 0 Å². The Morgan fingerprint density at radius 1 is 1.31 bits per heavy atom. The maximum Gasteiger partial charge on any atom is 0.129 e. The topological polar surface area (TPSA) is 12.0 Å². The Kier molecular flexibility index (Phi) is 2.98. The van der Waals surface area contributed by atoms with Gasteiger partial charge in [0, 0.05) is 16.3 Å². The number of piperidine rings is 1. The Morgan fingerprint density at radius 2 is 1.85 bits per heavy atom. The van der Waals surface area contributed by atoms with E-state index in [1.807, 2.05) is 20.1 Å². The molecule has 78 valence electrons. The second-order valence-electron chi connectivity index (χ2n) is 5.11. The molecule has 1 aliphatic rings. The third-order valence-electron chi connectivity index (χ3n) is 2.69. The minimum Gasteiger partial charge on any atom is -0.304 e. The summed E-state index contributed by atoms with van der Waals surface area (Å²) in [6.45, 7) is 8.18. The number of alkyl halides is 1. The fraction of sp³-hybridized carbons (Fsp3) is 1.00. The van der Waals surface area contributed by atoms with Crippen molar-refractivity contribution in [3.8, 4) is 0 Å². The van der Waals surface area contributed by atoms with E-state index < -0.39 is 11.7 Å². The molecule has 0 radical (unpaired) electrons. The second-order valence-corrected chi connectivity index (χ2v) is 6.19. The molecule has 0 aromatic heterocycles. The summed E-state index contributed by atoms with van der Waals surface area (Å²) in [6, 6.07) is 0. The number of nitrogens with one attached hydrogen (secondary N) is 1. The van der Waals surface area contributed by atoms with Gasteiger partial charge in [0.05, 0.1) is 0 Å². The maximum absolute atomic E-state index is 13.9. The van der Waals surface area contributed by atoms with Crippen molar-refractivity contribution >= 4 is 11.8 Å². The lowest BCUT2D eigenvalue weighted by Crippen LogP contribution is -2.65. The molecule has 1 fully saturated rings. The van der Waals surface area contributed by atoms with Crippen LogP contribution in [0.3, 0.4) is 0 Å². The molecule has 1 heterocycles. The molecule has 0 aromatic carbocycles. The lowest BCUT2D eigenvalue weighted by atomic mass is 9.81. The van der Waals surface area contributed by atoms with E-state index in [2.05, 4.69) is 19.2 Å². The van der Waals surface area contributed by atoms with Crippen LogP contribution in [-0.4, -0.2) is 28.8 Å². The summed E-state index contributed by atoms with van der Waals surface area (Å²) in [7, 11) is 0. The molecule has 3 heteroatoms. The van der Waals surface area contributed by atoms with Crippen LogP contribution in [0.25, 0.3) is 0 Å². The van der Waals surface area contributed by atoms with Gasteiger partial charge >= 0.3 is 0 Å². The van der Waals surface area contributed by atoms with Crippen molar-refractivity contribution in [2.24, 2.45) is 0 Å². The van der Waals surface area contributed by atoms with Crippen molar-refractivity contribution < 1.29 is 4.39 Å². The van der Waals surface area contributed by atoms with Crippen LogP contribution in [0.5, 0.6) is 0 Å². The van der Waals surface area contributed by atoms with Gasteiger partial charge in [0.1, 0.15) is 6.17 Å². The van der Waals surface area contributed by atoms with E-state index in [1.54, 1.807) is 11.8 Å². The number of hydrogen-bond acceptors (Lipinski definition) is 2. The summed E-state index contributed by atoms with van der Waals surface area (Å²) < 4.78 is 13.9. The third kappa shape index (κ3) is 2.38. The van der Waals surface area contributed by atoms with Crippen molar-refractivity contribution in [1.82, 2.24) is 5.32 Å². The van der Waals surface area contributed by atoms with Crippen LogP contribution < -0.4 is 5.32 Å². The van der Waals surface area contributed by atoms with E-state index in [0.717, 1.165) is 6.42 Å². The average molecular weight is 205 g/mol. The van der Waals surface area contributed by atoms with Gasteiger partial charge in [-0.3, -0.25) is 0 Å². The van der Waals surface area contributed by atoms with E-state index in [1.165, 1.54) is 0 Å². The van der Waals surface area contributed by atoms with Crippen LogP contribution in [0, 0.1) is 0 Å². The SMILES string of the molecule is CS[C@@H]1CC(C)(C)NC(C)(C)[C@@H]1F. The molecule has 1 nitrogen and oxygen atoms in total. The van der Waals surface area contributed by atoms with Gasteiger partial charge in [-0.05, 0) is 40.4 Å². The molecule has 0 aliphatic carbocycles. The van der Waals surface area contributed by atoms with Crippen molar-refractivity contribution in [2.75, 3.05) is 6.26 Å². The number of halogens is 1. The highest BCUT2D eigenvalue weighted by atomic mass is 32.2. The largest absolute Gasteiger partial charge is 0.304 e. The molecule has 0 saturated carbocycles. The summed E-state index contributed by atoms with van der Waals surface area (Å²) >= 11 is 1.64. The van der Waals surface area contributed by atoms with E-state index in [0.29, 0.717) is 0 Å². The Balaban J connectivity index is 2.81. The van der Waals surface area contributed by atoms with Crippen LogP contribution >= 0.6 is 11.8 Å². The molecule has 0 bridgehead atoms. The first-order chi connectivity index (χ1) is 5.78. The lowest BCUT2D eigenvalue weighted by Gasteiger charge is -2.48. The zero-order chi connectivity index (χ0) is 10.3. The van der Waals surface area contributed by atoms with E-state index in [-0.39, 0.29) is 10.8 Å². The molecule has 2 atom stereocenters. The van der Waals surface area contributed by atoms with Gasteiger partial charge in [-0.2, -0.15) is 11.8 Å². The zero-order valence-electron chi connectivity index (χ0n) is 9.15. The summed E-state index contributed by atoms with van der Waals surface area (Å²) in [5.74, 6) is 0. The number of rotatable bonds is 1. The van der Waals surface area contributed by atoms with Gasteiger partial charge in [-0.15, -0.1) is 0 Å². The fourth-order valence-corrected chi connectivity index (χ4v) is 3.43. The minimum absolute atomic E-state index is 0.0553. The van der Waals surface area contributed by atoms with E-state index in [9.17, 15) is 4.39 Å². The van der Waals surface area contributed by atoms with Gasteiger partial charge in [-0.1, -0.05) is 0 Å². The first-order valence-electron chi connectivity index (χ1n) is 4.75. The molecule has 1 rings (SSSR count). The maximum atomic E-state index is 13.9. The van der Waals surface area contributed by atoms with Crippen molar-refractivity contribution in [3.63, 3.8) is 0 Å². The van der Waals surface area contributed by atoms with Gasteiger partial charge in [0.2, 0.25) is 0 Å². The summed E-state index contributed by atoms with van der Waals surface area (Å²) in [4.78, 5) is 0. The Morgan fingerprint density at radius 3 is 2.31 bits per heavy atom. The fourth-order valence-electron chi connectivity index (χ4n) is 2.27.